The second-order valence-corrected chi connectivity index (χ2v) is 15.7. The first-order valence-electron chi connectivity index (χ1n) is 20.4. The summed E-state index contributed by atoms with van der Waals surface area (Å²) in [6, 6.07) is 78.0. The fourth-order valence-electron chi connectivity index (χ4n) is 10.3. The number of aromatic nitrogens is 2. The zero-order chi connectivity index (χ0) is 38.6. The summed E-state index contributed by atoms with van der Waals surface area (Å²) < 4.78 is 4.83. The first-order chi connectivity index (χ1) is 29.3. The van der Waals surface area contributed by atoms with E-state index in [-0.39, 0.29) is 6.85 Å². The van der Waals surface area contributed by atoms with Gasteiger partial charge in [-0.25, -0.2) is 0 Å². The lowest BCUT2D eigenvalue weighted by molar-refractivity contribution is 1.17. The Bertz CT molecular complexity index is 3370. The first kappa shape index (κ1) is 32.3. The second kappa shape index (κ2) is 12.4. The van der Waals surface area contributed by atoms with Crippen molar-refractivity contribution in [2.24, 2.45) is 0 Å². The van der Waals surface area contributed by atoms with Gasteiger partial charge in [0.05, 0.1) is 22.1 Å². The van der Waals surface area contributed by atoms with Crippen molar-refractivity contribution in [2.75, 3.05) is 9.71 Å². The van der Waals surface area contributed by atoms with Crippen LogP contribution in [0.5, 0.6) is 0 Å². The maximum atomic E-state index is 2.59. The van der Waals surface area contributed by atoms with Crippen LogP contribution >= 0.6 is 0 Å². The number of anilines is 5. The predicted molar refractivity (Wildman–Crippen MR) is 249 cm³/mol. The minimum atomic E-state index is -0.0527. The number of para-hydroxylation sites is 6. The molecule has 9 aromatic carbocycles. The van der Waals surface area contributed by atoms with E-state index in [1.165, 1.54) is 82.7 Å². The molecular formula is C54H35BN4. The zero-order valence-corrected chi connectivity index (χ0v) is 32.1. The maximum absolute atomic E-state index is 2.59. The third-order valence-corrected chi connectivity index (χ3v) is 12.7. The van der Waals surface area contributed by atoms with E-state index in [0.717, 1.165) is 22.7 Å². The van der Waals surface area contributed by atoms with Crippen LogP contribution in [0, 0.1) is 0 Å². The number of hydrogen-bond acceptors (Lipinski definition) is 2. The molecule has 0 unspecified atom stereocenters. The lowest BCUT2D eigenvalue weighted by Crippen LogP contribution is -2.61. The Kier molecular flexibility index (Phi) is 6.78. The molecule has 4 nitrogen and oxygen atoms in total. The fourth-order valence-corrected chi connectivity index (χ4v) is 10.3. The fraction of sp³-hybridized carbons (Fsp3) is 0. The summed E-state index contributed by atoms with van der Waals surface area (Å²) in [5.41, 5.74) is 18.1. The molecule has 0 radical (unpaired) electrons. The topological polar surface area (TPSA) is 16.3 Å². The summed E-state index contributed by atoms with van der Waals surface area (Å²) in [5, 5.41) is 5.06. The van der Waals surface area contributed by atoms with Crippen molar-refractivity contribution in [3.63, 3.8) is 0 Å². The van der Waals surface area contributed by atoms with Crippen molar-refractivity contribution in [1.82, 2.24) is 9.13 Å². The molecule has 59 heavy (non-hydrogen) atoms. The van der Waals surface area contributed by atoms with E-state index in [2.05, 4.69) is 231 Å². The number of rotatable bonds is 4. The molecule has 4 heterocycles. The number of fused-ring (bicyclic) bond motifs is 10. The SMILES string of the molecule is c1ccc(N2c3ccccc3B3c4c(cccc42)-c2cc(-n4c5ccccc5c5ccccc54)ccc2N3c2ccc(-n3c4ccccc4c4ccccc43)cc2)cc1. The van der Waals surface area contributed by atoms with Crippen LogP contribution in [0.4, 0.5) is 28.4 Å². The maximum Gasteiger partial charge on any atom is 0.333 e. The molecule has 2 aromatic heterocycles. The zero-order valence-electron chi connectivity index (χ0n) is 32.1. The van der Waals surface area contributed by atoms with Crippen molar-refractivity contribution in [2.45, 2.75) is 0 Å². The summed E-state index contributed by atoms with van der Waals surface area (Å²) in [5.74, 6) is 0. The van der Waals surface area contributed by atoms with E-state index < -0.39 is 0 Å². The Hall–Kier alpha value is -7.76. The van der Waals surface area contributed by atoms with Crippen LogP contribution in [0.3, 0.4) is 0 Å². The molecule has 0 saturated heterocycles. The highest BCUT2D eigenvalue weighted by atomic mass is 15.2. The van der Waals surface area contributed by atoms with Crippen LogP contribution in [-0.4, -0.2) is 16.0 Å². The summed E-state index contributed by atoms with van der Waals surface area (Å²) in [6.45, 7) is -0.0527. The lowest BCUT2D eigenvalue weighted by Gasteiger charge is -2.45. The molecule has 13 rings (SSSR count). The van der Waals surface area contributed by atoms with Gasteiger partial charge in [0.1, 0.15) is 0 Å². The van der Waals surface area contributed by atoms with Gasteiger partial charge in [0, 0.05) is 66.9 Å². The number of benzene rings is 9. The molecule has 0 bridgehead atoms. The third kappa shape index (κ3) is 4.55. The molecule has 0 amide bonds. The molecule has 11 aromatic rings. The van der Waals surface area contributed by atoms with Crippen LogP contribution in [-0.2, 0) is 0 Å². The van der Waals surface area contributed by atoms with Gasteiger partial charge in [-0.2, -0.15) is 0 Å². The summed E-state index contributed by atoms with van der Waals surface area (Å²) in [7, 11) is 0. The van der Waals surface area contributed by atoms with Gasteiger partial charge in [0.15, 0.2) is 0 Å². The van der Waals surface area contributed by atoms with Crippen LogP contribution < -0.4 is 20.6 Å². The van der Waals surface area contributed by atoms with Gasteiger partial charge in [-0.1, -0.05) is 121 Å². The average molecular weight is 751 g/mol. The molecule has 0 spiro atoms. The van der Waals surface area contributed by atoms with Crippen molar-refractivity contribution >= 4 is 89.8 Å². The van der Waals surface area contributed by atoms with Gasteiger partial charge in [-0.15, -0.1) is 0 Å². The molecule has 2 aliphatic rings. The highest BCUT2D eigenvalue weighted by Gasteiger charge is 2.44. The standard InChI is InChI=1S/C54H35BN4/c1-2-15-36(16-3-1)57-52-27-13-8-22-46(52)55-54-44(21-14-28-53(54)57)45-35-39(58-49-25-11-6-19-42(49)43-20-7-12-26-50(43)58)33-34-51(45)59(55)38-31-29-37(30-32-38)56-47-23-9-4-17-40(47)41-18-5-10-24-48(41)56/h1-35H. The largest absolute Gasteiger partial charge is 0.376 e. The normalized spacial score (nSPS) is 13.0. The molecule has 274 valence electrons. The molecular weight excluding hydrogens is 715 g/mol. The Morgan fingerprint density at radius 1 is 0.305 bits per heavy atom. The van der Waals surface area contributed by atoms with Gasteiger partial charge < -0.3 is 18.8 Å². The monoisotopic (exact) mass is 750 g/mol. The minimum Gasteiger partial charge on any atom is -0.376 e. The van der Waals surface area contributed by atoms with Crippen molar-refractivity contribution in [1.29, 1.82) is 0 Å². The summed E-state index contributed by atoms with van der Waals surface area (Å²) in [6.07, 6.45) is 0. The molecule has 0 atom stereocenters. The Labute approximate surface area is 342 Å². The van der Waals surface area contributed by atoms with Gasteiger partial charge in [0.2, 0.25) is 0 Å². The van der Waals surface area contributed by atoms with Crippen LogP contribution in [0.1, 0.15) is 0 Å². The van der Waals surface area contributed by atoms with Crippen LogP contribution in [0.15, 0.2) is 212 Å². The van der Waals surface area contributed by atoms with E-state index in [9.17, 15) is 0 Å². The molecule has 2 aliphatic heterocycles. The van der Waals surface area contributed by atoms with E-state index in [4.69, 9.17) is 0 Å². The minimum absolute atomic E-state index is 0.0527. The molecule has 0 fully saturated rings. The van der Waals surface area contributed by atoms with Crippen LogP contribution in [0.2, 0.25) is 0 Å². The number of hydrogen-bond donors (Lipinski definition) is 0. The lowest BCUT2D eigenvalue weighted by atomic mass is 9.43. The second-order valence-electron chi connectivity index (χ2n) is 15.7. The average Bonchev–Trinajstić information content (AvgIpc) is 3.82. The highest BCUT2D eigenvalue weighted by Crippen LogP contribution is 2.47. The molecule has 5 heteroatoms. The van der Waals surface area contributed by atoms with Crippen molar-refractivity contribution in [3.05, 3.63) is 212 Å². The highest BCUT2D eigenvalue weighted by molar-refractivity contribution is 6.93. The Balaban J connectivity index is 1.06. The van der Waals surface area contributed by atoms with Crippen LogP contribution in [0.25, 0.3) is 66.1 Å². The van der Waals surface area contributed by atoms with E-state index in [1.54, 1.807) is 0 Å². The number of nitrogens with zero attached hydrogens (tertiary/aromatic N) is 4. The van der Waals surface area contributed by atoms with Gasteiger partial charge in [-0.05, 0) is 107 Å². The van der Waals surface area contributed by atoms with Gasteiger partial charge in [-0.3, -0.25) is 0 Å². The Morgan fingerprint density at radius 3 is 1.42 bits per heavy atom. The molecule has 0 saturated carbocycles. The third-order valence-electron chi connectivity index (χ3n) is 12.7. The quantitative estimate of drug-likeness (QED) is 0.167. The predicted octanol–water partition coefficient (Wildman–Crippen LogP) is 12.6. The molecule has 0 aliphatic carbocycles. The van der Waals surface area contributed by atoms with Crippen molar-refractivity contribution < 1.29 is 0 Å². The van der Waals surface area contributed by atoms with E-state index >= 15 is 0 Å². The van der Waals surface area contributed by atoms with Gasteiger partial charge >= 0.3 is 6.85 Å². The first-order valence-corrected chi connectivity index (χ1v) is 20.4. The molecule has 0 N–H and O–H groups in total. The summed E-state index contributed by atoms with van der Waals surface area (Å²) >= 11 is 0. The van der Waals surface area contributed by atoms with Gasteiger partial charge in [0.25, 0.3) is 0 Å². The smallest absolute Gasteiger partial charge is 0.333 e. The summed E-state index contributed by atoms with van der Waals surface area (Å²) in [4.78, 5) is 5.05. The van der Waals surface area contributed by atoms with E-state index in [1.807, 2.05) is 0 Å². The van der Waals surface area contributed by atoms with E-state index in [0.29, 0.717) is 0 Å². The van der Waals surface area contributed by atoms with Crippen molar-refractivity contribution in [3.8, 4) is 22.5 Å². The Morgan fingerprint density at radius 2 is 0.797 bits per heavy atom.